The van der Waals surface area contributed by atoms with Gasteiger partial charge in [0.2, 0.25) is 10.0 Å². The highest BCUT2D eigenvalue weighted by atomic mass is 32.2. The monoisotopic (exact) mass is 315 g/mol. The lowest BCUT2D eigenvalue weighted by atomic mass is 9.97. The zero-order chi connectivity index (χ0) is 15.8. The van der Waals surface area contributed by atoms with Crippen LogP contribution in [-0.2, 0) is 17.1 Å². The highest BCUT2D eigenvalue weighted by molar-refractivity contribution is 7.89. The van der Waals surface area contributed by atoms with Crippen LogP contribution in [0.25, 0.3) is 0 Å². The van der Waals surface area contributed by atoms with Gasteiger partial charge in [-0.1, -0.05) is 0 Å². The van der Waals surface area contributed by atoms with Crippen LogP contribution >= 0.6 is 0 Å². The van der Waals surface area contributed by atoms with Crippen molar-refractivity contribution in [3.63, 3.8) is 0 Å². The normalized spacial score (nSPS) is 24.0. The van der Waals surface area contributed by atoms with Crippen molar-refractivity contribution in [2.24, 2.45) is 7.05 Å². The molecule has 0 radical (unpaired) electrons. The maximum atomic E-state index is 12.6. The Morgan fingerprint density at radius 2 is 2.14 bits per heavy atom. The van der Waals surface area contributed by atoms with E-state index in [9.17, 15) is 18.3 Å². The molecule has 1 atom stereocenters. The molecule has 1 aliphatic heterocycles. The third kappa shape index (κ3) is 3.12. The third-order valence-corrected chi connectivity index (χ3v) is 5.53. The Bertz CT molecular complexity index is 648. The second kappa shape index (κ2) is 5.43. The molecular formula is C13H21N3O4S. The molecular weight excluding hydrogens is 294 g/mol. The van der Waals surface area contributed by atoms with Gasteiger partial charge in [0, 0.05) is 33.4 Å². The number of sulfonamides is 1. The quantitative estimate of drug-likeness (QED) is 0.816. The lowest BCUT2D eigenvalue weighted by Crippen LogP contribution is -2.48. The minimum absolute atomic E-state index is 0.0690. The van der Waals surface area contributed by atoms with E-state index in [1.807, 2.05) is 0 Å². The van der Waals surface area contributed by atoms with E-state index in [1.165, 1.54) is 28.2 Å². The van der Waals surface area contributed by atoms with Crippen LogP contribution in [0.3, 0.4) is 0 Å². The molecule has 1 aliphatic rings. The highest BCUT2D eigenvalue weighted by Gasteiger charge is 2.36. The number of carbonyl (C=O) groups is 1. The fraction of sp³-hybridized carbons (Fsp3) is 0.615. The first-order chi connectivity index (χ1) is 9.67. The van der Waals surface area contributed by atoms with Gasteiger partial charge in [-0.3, -0.25) is 4.79 Å². The SMILES string of the molecule is CNC(=O)c1cc(S(=O)(=O)N2CCCC(C)(O)C2)cn1C. The molecule has 0 bridgehead atoms. The third-order valence-electron chi connectivity index (χ3n) is 3.72. The molecule has 8 heteroatoms. The van der Waals surface area contributed by atoms with E-state index in [-0.39, 0.29) is 23.0 Å². The molecule has 1 aromatic rings. The van der Waals surface area contributed by atoms with E-state index in [0.29, 0.717) is 19.4 Å². The van der Waals surface area contributed by atoms with Crippen molar-refractivity contribution in [1.29, 1.82) is 0 Å². The summed E-state index contributed by atoms with van der Waals surface area (Å²) in [5.74, 6) is -0.343. The number of nitrogens with zero attached hydrogens (tertiary/aromatic N) is 2. The molecule has 1 unspecified atom stereocenters. The van der Waals surface area contributed by atoms with Crippen LogP contribution < -0.4 is 5.32 Å². The lowest BCUT2D eigenvalue weighted by molar-refractivity contribution is 0.00940. The summed E-state index contributed by atoms with van der Waals surface area (Å²) < 4.78 is 28.0. The minimum atomic E-state index is -3.70. The van der Waals surface area contributed by atoms with E-state index in [2.05, 4.69) is 5.32 Å². The number of hydrogen-bond donors (Lipinski definition) is 2. The number of nitrogens with one attached hydrogen (secondary N) is 1. The summed E-state index contributed by atoms with van der Waals surface area (Å²) in [7, 11) is -0.592. The summed E-state index contributed by atoms with van der Waals surface area (Å²) in [5.41, 5.74) is -0.733. The predicted octanol–water partition coefficient (Wildman–Crippen LogP) is -0.0798. The molecule has 1 saturated heterocycles. The standard InChI is InChI=1S/C13H21N3O4S/c1-13(18)5-4-6-16(9-13)21(19,20)10-7-11(12(17)14-2)15(3)8-10/h7-8,18H,4-6,9H2,1-3H3,(H,14,17). The van der Waals surface area contributed by atoms with Gasteiger partial charge >= 0.3 is 0 Å². The number of hydrogen-bond acceptors (Lipinski definition) is 4. The first-order valence-corrected chi connectivity index (χ1v) is 8.22. The van der Waals surface area contributed by atoms with E-state index >= 15 is 0 Å². The Balaban J connectivity index is 2.34. The Morgan fingerprint density at radius 1 is 1.48 bits per heavy atom. The van der Waals surface area contributed by atoms with Gasteiger partial charge in [0.1, 0.15) is 10.6 Å². The largest absolute Gasteiger partial charge is 0.389 e. The summed E-state index contributed by atoms with van der Waals surface area (Å²) in [6, 6.07) is 1.36. The van der Waals surface area contributed by atoms with Crippen LogP contribution in [0.4, 0.5) is 0 Å². The van der Waals surface area contributed by atoms with Crippen molar-refractivity contribution in [3.05, 3.63) is 18.0 Å². The Kier molecular flexibility index (Phi) is 4.14. The molecule has 0 aliphatic carbocycles. The summed E-state index contributed by atoms with van der Waals surface area (Å²) in [4.78, 5) is 11.7. The summed E-state index contributed by atoms with van der Waals surface area (Å²) in [5, 5.41) is 12.5. The summed E-state index contributed by atoms with van der Waals surface area (Å²) >= 11 is 0. The van der Waals surface area contributed by atoms with Crippen molar-refractivity contribution in [1.82, 2.24) is 14.2 Å². The number of piperidine rings is 1. The van der Waals surface area contributed by atoms with Crippen LogP contribution in [0.2, 0.25) is 0 Å². The van der Waals surface area contributed by atoms with Crippen LogP contribution in [0.1, 0.15) is 30.3 Å². The maximum Gasteiger partial charge on any atom is 0.267 e. The number of carbonyl (C=O) groups excluding carboxylic acids is 1. The predicted molar refractivity (Wildman–Crippen MR) is 77.4 cm³/mol. The average molecular weight is 315 g/mol. The van der Waals surface area contributed by atoms with E-state index in [1.54, 1.807) is 14.0 Å². The van der Waals surface area contributed by atoms with Crippen LogP contribution in [0.5, 0.6) is 0 Å². The molecule has 118 valence electrons. The zero-order valence-electron chi connectivity index (χ0n) is 12.5. The molecule has 7 nitrogen and oxygen atoms in total. The topological polar surface area (TPSA) is 91.6 Å². The van der Waals surface area contributed by atoms with Gasteiger partial charge in [0.15, 0.2) is 0 Å². The Hall–Kier alpha value is -1.38. The minimum Gasteiger partial charge on any atom is -0.389 e. The lowest BCUT2D eigenvalue weighted by Gasteiger charge is -2.35. The molecule has 1 amide bonds. The smallest absolute Gasteiger partial charge is 0.267 e. The average Bonchev–Trinajstić information content (AvgIpc) is 2.79. The number of aromatic nitrogens is 1. The number of amides is 1. The van der Waals surface area contributed by atoms with Gasteiger partial charge in [-0.05, 0) is 25.8 Å². The molecule has 21 heavy (non-hydrogen) atoms. The fourth-order valence-corrected chi connectivity index (χ4v) is 4.23. The fourth-order valence-electron chi connectivity index (χ4n) is 2.56. The van der Waals surface area contributed by atoms with Crippen LogP contribution in [-0.4, -0.2) is 54.0 Å². The van der Waals surface area contributed by atoms with Gasteiger partial charge in [-0.25, -0.2) is 8.42 Å². The van der Waals surface area contributed by atoms with Crippen LogP contribution in [0, 0.1) is 0 Å². The molecule has 2 N–H and O–H groups in total. The van der Waals surface area contributed by atoms with Gasteiger partial charge < -0.3 is 15.0 Å². The zero-order valence-corrected chi connectivity index (χ0v) is 13.3. The number of β-amino-alcohol motifs (C(OH)–C–C–N with tert-alkyl or cyclic N) is 1. The van der Waals surface area contributed by atoms with Crippen molar-refractivity contribution < 1.29 is 18.3 Å². The van der Waals surface area contributed by atoms with Gasteiger partial charge in [-0.15, -0.1) is 0 Å². The first kappa shape index (κ1) is 16.0. The van der Waals surface area contributed by atoms with E-state index in [4.69, 9.17) is 0 Å². The van der Waals surface area contributed by atoms with Gasteiger partial charge in [0.05, 0.1) is 5.60 Å². The molecule has 2 rings (SSSR count). The Morgan fingerprint density at radius 3 is 2.71 bits per heavy atom. The second-order valence-electron chi connectivity index (χ2n) is 5.69. The molecule has 1 aromatic heterocycles. The molecule has 1 fully saturated rings. The van der Waals surface area contributed by atoms with Crippen molar-refractivity contribution in [2.75, 3.05) is 20.1 Å². The number of aliphatic hydroxyl groups is 1. The maximum absolute atomic E-state index is 12.6. The summed E-state index contributed by atoms with van der Waals surface area (Å²) in [6.45, 7) is 2.08. The van der Waals surface area contributed by atoms with E-state index in [0.717, 1.165) is 0 Å². The van der Waals surface area contributed by atoms with E-state index < -0.39 is 15.6 Å². The van der Waals surface area contributed by atoms with Gasteiger partial charge in [-0.2, -0.15) is 4.31 Å². The van der Waals surface area contributed by atoms with Gasteiger partial charge in [0.25, 0.3) is 5.91 Å². The number of rotatable bonds is 3. The van der Waals surface area contributed by atoms with Crippen molar-refractivity contribution in [2.45, 2.75) is 30.3 Å². The highest BCUT2D eigenvalue weighted by Crippen LogP contribution is 2.26. The summed E-state index contributed by atoms with van der Waals surface area (Å²) in [6.07, 6.45) is 2.61. The van der Waals surface area contributed by atoms with Crippen molar-refractivity contribution >= 4 is 15.9 Å². The molecule has 0 aromatic carbocycles. The number of aryl methyl sites for hydroxylation is 1. The first-order valence-electron chi connectivity index (χ1n) is 6.78. The molecule has 0 saturated carbocycles. The molecule has 0 spiro atoms. The van der Waals surface area contributed by atoms with Crippen LogP contribution in [0.15, 0.2) is 17.2 Å². The van der Waals surface area contributed by atoms with Crippen molar-refractivity contribution in [3.8, 4) is 0 Å². The Labute approximate surface area is 124 Å². The molecule has 2 heterocycles. The second-order valence-corrected chi connectivity index (χ2v) is 7.63.